The Kier molecular flexibility index (Phi) is 8.32. The Balaban J connectivity index is 1.93. The van der Waals surface area contributed by atoms with E-state index in [1.165, 1.54) is 5.94 Å². The molecule has 1 saturated heterocycles. The van der Waals surface area contributed by atoms with Gasteiger partial charge in [-0.25, -0.2) is 4.79 Å². The predicted octanol–water partition coefficient (Wildman–Crippen LogP) is 0.852. The van der Waals surface area contributed by atoms with Gasteiger partial charge in [-0.05, 0) is 38.5 Å². The summed E-state index contributed by atoms with van der Waals surface area (Å²) in [6.45, 7) is 5.83. The number of carbonyl (C=O) groups excluding carboxylic acids is 1. The van der Waals surface area contributed by atoms with Crippen molar-refractivity contribution in [2.45, 2.75) is 63.9 Å². The first-order valence-electron chi connectivity index (χ1n) is 10.7. The average molecular weight is 478 g/mol. The Bertz CT molecular complexity index is 1010. The largest absolute Gasteiger partial charge is 0.497 e. The fraction of sp³-hybridized carbons (Fsp3) is 0.522. The van der Waals surface area contributed by atoms with Gasteiger partial charge < -0.3 is 34.4 Å². The number of ether oxygens (including phenoxy) is 3. The third kappa shape index (κ3) is 5.25. The fourth-order valence-corrected chi connectivity index (χ4v) is 3.76. The van der Waals surface area contributed by atoms with Crippen LogP contribution in [0.4, 0.5) is 0 Å². The van der Waals surface area contributed by atoms with Crippen molar-refractivity contribution in [2.75, 3.05) is 14.2 Å². The van der Waals surface area contributed by atoms with Crippen molar-refractivity contribution in [1.82, 2.24) is 9.78 Å². The summed E-state index contributed by atoms with van der Waals surface area (Å²) >= 11 is 0. The highest BCUT2D eigenvalue weighted by atomic mass is 17.2. The SMILES string of the molecule is COOC(=C=O)[C@H]1O[C@@H](Oc2nn(C(C)C)c(C)c2Cc2ccc(OC)cc2)[C@H](O)[C@@H](O)[C@@H]1O. The van der Waals surface area contributed by atoms with Gasteiger partial charge in [0.1, 0.15) is 24.1 Å². The molecule has 5 atom stereocenters. The summed E-state index contributed by atoms with van der Waals surface area (Å²) in [5, 5.41) is 35.7. The van der Waals surface area contributed by atoms with Crippen molar-refractivity contribution in [3.8, 4) is 11.6 Å². The topological polar surface area (TPSA) is 142 Å². The van der Waals surface area contributed by atoms with E-state index in [-0.39, 0.29) is 11.9 Å². The molecule has 1 aromatic carbocycles. The maximum absolute atomic E-state index is 11.3. The van der Waals surface area contributed by atoms with Crippen LogP contribution in [0, 0.1) is 6.92 Å². The first-order valence-corrected chi connectivity index (χ1v) is 10.7. The number of aliphatic hydroxyl groups is 3. The number of methoxy groups -OCH3 is 1. The Morgan fingerprint density at radius 1 is 1.15 bits per heavy atom. The van der Waals surface area contributed by atoms with Gasteiger partial charge in [0.2, 0.25) is 12.2 Å². The van der Waals surface area contributed by atoms with Gasteiger partial charge >= 0.3 is 0 Å². The highest BCUT2D eigenvalue weighted by Crippen LogP contribution is 2.32. The van der Waals surface area contributed by atoms with Gasteiger partial charge in [0, 0.05) is 23.7 Å². The van der Waals surface area contributed by atoms with E-state index in [1.807, 2.05) is 45.0 Å². The molecule has 0 aliphatic carbocycles. The molecule has 1 fully saturated rings. The summed E-state index contributed by atoms with van der Waals surface area (Å²) in [7, 11) is 2.74. The molecule has 0 saturated carbocycles. The van der Waals surface area contributed by atoms with E-state index in [1.54, 1.807) is 11.8 Å². The zero-order valence-corrected chi connectivity index (χ0v) is 19.7. The maximum atomic E-state index is 11.3. The summed E-state index contributed by atoms with van der Waals surface area (Å²) < 4.78 is 18.5. The van der Waals surface area contributed by atoms with E-state index in [0.29, 0.717) is 6.42 Å². The first kappa shape index (κ1) is 25.7. The van der Waals surface area contributed by atoms with Crippen LogP contribution >= 0.6 is 0 Å². The molecule has 11 heteroatoms. The molecule has 0 radical (unpaired) electrons. The molecule has 1 aromatic heterocycles. The molecular formula is C23H30N2O9. The summed E-state index contributed by atoms with van der Waals surface area (Å²) in [5.41, 5.74) is 2.56. The van der Waals surface area contributed by atoms with E-state index in [2.05, 4.69) is 14.9 Å². The van der Waals surface area contributed by atoms with Crippen molar-refractivity contribution in [2.24, 2.45) is 0 Å². The van der Waals surface area contributed by atoms with Crippen LogP contribution in [0.5, 0.6) is 11.6 Å². The molecule has 1 aliphatic rings. The lowest BCUT2D eigenvalue weighted by molar-refractivity contribution is -0.300. The van der Waals surface area contributed by atoms with Crippen LogP contribution in [0.2, 0.25) is 0 Å². The van der Waals surface area contributed by atoms with Gasteiger partial charge in [-0.2, -0.15) is 4.89 Å². The Morgan fingerprint density at radius 3 is 2.38 bits per heavy atom. The standard InChI is InChI=1S/C23H30N2O9/c1-12(2)25-13(3)16(10-14-6-8-15(30-4)9-7-14)22(24-25)33-23-20(29)18(27)19(28)21(32-23)17(11-26)34-31-5/h6-9,12,18-21,23,27-29H,10H2,1-5H3/t18-,19-,20+,21+,23-/m0/s1. The summed E-state index contributed by atoms with van der Waals surface area (Å²) in [4.78, 5) is 20.4. The van der Waals surface area contributed by atoms with Crippen molar-refractivity contribution in [3.05, 3.63) is 46.8 Å². The van der Waals surface area contributed by atoms with Crippen LogP contribution in [0.15, 0.2) is 30.0 Å². The second-order valence-electron chi connectivity index (χ2n) is 8.16. The Hall–Kier alpha value is -2.92. The quantitative estimate of drug-likeness (QED) is 0.205. The third-order valence-electron chi connectivity index (χ3n) is 5.60. The second-order valence-corrected chi connectivity index (χ2v) is 8.16. The molecule has 1 aliphatic heterocycles. The minimum absolute atomic E-state index is 0.0176. The monoisotopic (exact) mass is 478 g/mol. The van der Waals surface area contributed by atoms with Crippen molar-refractivity contribution >= 4 is 5.94 Å². The van der Waals surface area contributed by atoms with Gasteiger partial charge in [0.25, 0.3) is 5.76 Å². The van der Waals surface area contributed by atoms with Crippen molar-refractivity contribution < 1.29 is 44.1 Å². The molecule has 0 amide bonds. The minimum Gasteiger partial charge on any atom is -0.497 e. The fourth-order valence-electron chi connectivity index (χ4n) is 3.76. The summed E-state index contributed by atoms with van der Waals surface area (Å²) in [6.07, 6.45) is -7.53. The smallest absolute Gasteiger partial charge is 0.256 e. The maximum Gasteiger partial charge on any atom is 0.256 e. The number of aliphatic hydroxyl groups excluding tert-OH is 3. The van der Waals surface area contributed by atoms with E-state index in [4.69, 9.17) is 14.2 Å². The zero-order valence-electron chi connectivity index (χ0n) is 19.7. The molecule has 3 N–H and O–H groups in total. The molecule has 0 bridgehead atoms. The molecule has 11 nitrogen and oxygen atoms in total. The number of hydrogen-bond acceptors (Lipinski definition) is 10. The Labute approximate surface area is 197 Å². The second kappa shape index (κ2) is 11.0. The molecule has 186 valence electrons. The lowest BCUT2D eigenvalue weighted by Crippen LogP contribution is -2.59. The van der Waals surface area contributed by atoms with E-state index >= 15 is 0 Å². The van der Waals surface area contributed by atoms with Gasteiger partial charge in [-0.15, -0.1) is 5.10 Å². The lowest BCUT2D eigenvalue weighted by atomic mass is 9.98. The number of hydrogen-bond donors (Lipinski definition) is 3. The van der Waals surface area contributed by atoms with Crippen LogP contribution < -0.4 is 9.47 Å². The van der Waals surface area contributed by atoms with Gasteiger partial charge in [0.05, 0.1) is 14.2 Å². The van der Waals surface area contributed by atoms with E-state index in [9.17, 15) is 20.1 Å². The van der Waals surface area contributed by atoms with Crippen LogP contribution in [-0.2, 0) is 25.7 Å². The van der Waals surface area contributed by atoms with Crippen LogP contribution in [0.1, 0.15) is 36.7 Å². The minimum atomic E-state index is -1.70. The number of aromatic nitrogens is 2. The van der Waals surface area contributed by atoms with Gasteiger partial charge in [0.15, 0.2) is 12.0 Å². The normalized spacial score (nSPS) is 24.6. The molecule has 2 heterocycles. The summed E-state index contributed by atoms with van der Waals surface area (Å²) in [5.74, 6) is 1.82. The van der Waals surface area contributed by atoms with Crippen LogP contribution in [0.25, 0.3) is 0 Å². The van der Waals surface area contributed by atoms with E-state index in [0.717, 1.165) is 29.7 Å². The molecule has 3 rings (SSSR count). The third-order valence-corrected chi connectivity index (χ3v) is 5.60. The van der Waals surface area contributed by atoms with Gasteiger partial charge in [-0.1, -0.05) is 12.1 Å². The first-order chi connectivity index (χ1) is 16.2. The lowest BCUT2D eigenvalue weighted by Gasteiger charge is -2.39. The summed E-state index contributed by atoms with van der Waals surface area (Å²) in [6, 6.07) is 7.54. The number of rotatable bonds is 9. The van der Waals surface area contributed by atoms with Crippen LogP contribution in [-0.4, -0.2) is 76.0 Å². The van der Waals surface area contributed by atoms with Crippen LogP contribution in [0.3, 0.4) is 0 Å². The number of nitrogens with zero attached hydrogens (tertiary/aromatic N) is 2. The molecule has 2 aromatic rings. The van der Waals surface area contributed by atoms with Crippen molar-refractivity contribution in [3.63, 3.8) is 0 Å². The number of benzene rings is 1. The Morgan fingerprint density at radius 2 is 1.82 bits per heavy atom. The highest BCUT2D eigenvalue weighted by Gasteiger charge is 2.48. The predicted molar refractivity (Wildman–Crippen MR) is 118 cm³/mol. The zero-order chi connectivity index (χ0) is 25.0. The van der Waals surface area contributed by atoms with Gasteiger partial charge in [-0.3, -0.25) is 4.68 Å². The molecule has 0 spiro atoms. The molecule has 0 unspecified atom stereocenters. The van der Waals surface area contributed by atoms with E-state index < -0.39 is 36.5 Å². The average Bonchev–Trinajstić information content (AvgIpc) is 3.13. The molecule has 34 heavy (non-hydrogen) atoms. The molecular weight excluding hydrogens is 448 g/mol. The highest BCUT2D eigenvalue weighted by molar-refractivity contribution is 5.51. The van der Waals surface area contributed by atoms with Crippen molar-refractivity contribution in [1.29, 1.82) is 0 Å².